The van der Waals surface area contributed by atoms with Crippen LogP contribution in [-0.4, -0.2) is 16.7 Å². The van der Waals surface area contributed by atoms with Crippen molar-refractivity contribution in [1.29, 1.82) is 0 Å². The van der Waals surface area contributed by atoms with Crippen molar-refractivity contribution in [2.24, 2.45) is 0 Å². The molecule has 0 aliphatic rings. The summed E-state index contributed by atoms with van der Waals surface area (Å²) < 4.78 is 7.46. The Hall–Kier alpha value is -1.81. The first-order valence-electron chi connectivity index (χ1n) is 7.11. The molecule has 0 saturated heterocycles. The van der Waals surface area contributed by atoms with E-state index in [1.54, 1.807) is 7.11 Å². The van der Waals surface area contributed by atoms with Gasteiger partial charge in [0.1, 0.15) is 5.75 Å². The number of nitrogens with zero attached hydrogens (tertiary/aromatic N) is 2. The molecule has 4 heteroatoms. The van der Waals surface area contributed by atoms with Gasteiger partial charge in [0, 0.05) is 25.3 Å². The number of nitrogens with one attached hydrogen (secondary N) is 1. The average molecular weight is 273 g/mol. The summed E-state index contributed by atoms with van der Waals surface area (Å²) in [6.07, 6.45) is 4.95. The molecule has 2 rings (SSSR count). The van der Waals surface area contributed by atoms with E-state index < -0.39 is 0 Å². The van der Waals surface area contributed by atoms with Gasteiger partial charge in [-0.15, -0.1) is 0 Å². The Balaban J connectivity index is 1.97. The topological polar surface area (TPSA) is 39.1 Å². The average Bonchev–Trinajstić information content (AvgIpc) is 2.92. The van der Waals surface area contributed by atoms with Crippen molar-refractivity contribution in [3.63, 3.8) is 0 Å². The summed E-state index contributed by atoms with van der Waals surface area (Å²) in [5, 5.41) is 3.54. The van der Waals surface area contributed by atoms with E-state index in [0.29, 0.717) is 0 Å². The molecule has 1 atom stereocenters. The van der Waals surface area contributed by atoms with Crippen LogP contribution in [0.25, 0.3) is 0 Å². The number of hydrogen-bond donors (Lipinski definition) is 1. The van der Waals surface area contributed by atoms with Crippen LogP contribution in [0.5, 0.6) is 5.75 Å². The lowest BCUT2D eigenvalue weighted by Gasteiger charge is -2.16. The summed E-state index contributed by atoms with van der Waals surface area (Å²) in [7, 11) is 1.69. The SMILES string of the molecule is CCCn1cncc1CN[C@H](C)c1cccc(OC)c1. The Labute approximate surface area is 120 Å². The lowest BCUT2D eigenvalue weighted by Crippen LogP contribution is -2.20. The summed E-state index contributed by atoms with van der Waals surface area (Å²) in [6, 6.07) is 8.44. The molecule has 2 aromatic rings. The third-order valence-electron chi connectivity index (χ3n) is 3.45. The molecule has 4 nitrogen and oxygen atoms in total. The van der Waals surface area contributed by atoms with Crippen LogP contribution in [0.4, 0.5) is 0 Å². The minimum absolute atomic E-state index is 0.273. The van der Waals surface area contributed by atoms with Crippen molar-refractivity contribution in [1.82, 2.24) is 14.9 Å². The fourth-order valence-corrected chi connectivity index (χ4v) is 2.22. The second-order valence-corrected chi connectivity index (χ2v) is 4.96. The summed E-state index contributed by atoms with van der Waals surface area (Å²) >= 11 is 0. The van der Waals surface area contributed by atoms with Crippen LogP contribution in [0, 0.1) is 0 Å². The van der Waals surface area contributed by atoms with Gasteiger partial charge in [-0.2, -0.15) is 0 Å². The molecule has 0 aliphatic heterocycles. The molecule has 0 unspecified atom stereocenters. The predicted octanol–water partition coefficient (Wildman–Crippen LogP) is 3.15. The molecule has 0 spiro atoms. The highest BCUT2D eigenvalue weighted by molar-refractivity contribution is 5.30. The van der Waals surface area contributed by atoms with Crippen molar-refractivity contribution < 1.29 is 4.74 Å². The van der Waals surface area contributed by atoms with Gasteiger partial charge in [0.25, 0.3) is 0 Å². The van der Waals surface area contributed by atoms with Gasteiger partial charge in [-0.25, -0.2) is 4.98 Å². The molecule has 1 aromatic heterocycles. The fourth-order valence-electron chi connectivity index (χ4n) is 2.22. The minimum atomic E-state index is 0.273. The predicted molar refractivity (Wildman–Crippen MR) is 80.8 cm³/mol. The van der Waals surface area contributed by atoms with E-state index in [4.69, 9.17) is 4.74 Å². The maximum Gasteiger partial charge on any atom is 0.119 e. The van der Waals surface area contributed by atoms with Crippen molar-refractivity contribution >= 4 is 0 Å². The highest BCUT2D eigenvalue weighted by Crippen LogP contribution is 2.19. The van der Waals surface area contributed by atoms with Crippen LogP contribution in [-0.2, 0) is 13.1 Å². The Bertz CT molecular complexity index is 536. The standard InChI is InChI=1S/C16H23N3O/c1-4-8-19-12-17-10-15(19)11-18-13(2)14-6-5-7-16(9-14)20-3/h5-7,9-10,12-13,18H,4,8,11H2,1-3H3/t13-/m1/s1. The maximum absolute atomic E-state index is 5.26. The second-order valence-electron chi connectivity index (χ2n) is 4.96. The molecule has 0 radical (unpaired) electrons. The van der Waals surface area contributed by atoms with E-state index in [0.717, 1.165) is 25.3 Å². The van der Waals surface area contributed by atoms with Crippen LogP contribution in [0.1, 0.15) is 37.6 Å². The molecule has 20 heavy (non-hydrogen) atoms. The first-order valence-corrected chi connectivity index (χ1v) is 7.11. The molecule has 0 saturated carbocycles. The van der Waals surface area contributed by atoms with Crippen molar-refractivity contribution in [3.8, 4) is 5.75 Å². The lowest BCUT2D eigenvalue weighted by molar-refractivity contribution is 0.413. The zero-order valence-corrected chi connectivity index (χ0v) is 12.5. The van der Waals surface area contributed by atoms with E-state index in [-0.39, 0.29) is 6.04 Å². The number of aryl methyl sites for hydroxylation is 1. The summed E-state index contributed by atoms with van der Waals surface area (Å²) in [5.41, 5.74) is 2.45. The lowest BCUT2D eigenvalue weighted by atomic mass is 10.1. The van der Waals surface area contributed by atoms with Crippen LogP contribution < -0.4 is 10.1 Å². The number of benzene rings is 1. The number of aromatic nitrogens is 2. The van der Waals surface area contributed by atoms with E-state index >= 15 is 0 Å². The zero-order chi connectivity index (χ0) is 14.4. The molecule has 0 amide bonds. The summed E-state index contributed by atoms with van der Waals surface area (Å²) in [4.78, 5) is 4.22. The van der Waals surface area contributed by atoms with Gasteiger partial charge in [0.15, 0.2) is 0 Å². The van der Waals surface area contributed by atoms with Gasteiger partial charge < -0.3 is 14.6 Å². The van der Waals surface area contributed by atoms with Gasteiger partial charge in [0.2, 0.25) is 0 Å². The maximum atomic E-state index is 5.26. The molecular weight excluding hydrogens is 250 g/mol. The smallest absolute Gasteiger partial charge is 0.119 e. The number of ether oxygens (including phenoxy) is 1. The van der Waals surface area contributed by atoms with E-state index in [2.05, 4.69) is 40.8 Å². The highest BCUT2D eigenvalue weighted by Gasteiger charge is 2.07. The first kappa shape index (κ1) is 14.6. The van der Waals surface area contributed by atoms with Gasteiger partial charge in [0.05, 0.1) is 19.1 Å². The first-order chi connectivity index (χ1) is 9.74. The number of rotatable bonds is 7. The highest BCUT2D eigenvalue weighted by atomic mass is 16.5. The van der Waals surface area contributed by atoms with Gasteiger partial charge in [-0.3, -0.25) is 0 Å². The van der Waals surface area contributed by atoms with Crippen LogP contribution >= 0.6 is 0 Å². The summed E-state index contributed by atoms with van der Waals surface area (Å²) in [6.45, 7) is 6.17. The number of imidazole rings is 1. The Morgan fingerprint density at radius 3 is 3.00 bits per heavy atom. The van der Waals surface area contributed by atoms with Crippen molar-refractivity contribution in [2.75, 3.05) is 7.11 Å². The van der Waals surface area contributed by atoms with E-state index in [1.807, 2.05) is 24.7 Å². The third-order valence-corrected chi connectivity index (χ3v) is 3.45. The third kappa shape index (κ3) is 3.61. The van der Waals surface area contributed by atoms with Crippen molar-refractivity contribution in [2.45, 2.75) is 39.4 Å². The molecule has 108 valence electrons. The summed E-state index contributed by atoms with van der Waals surface area (Å²) in [5.74, 6) is 0.896. The second kappa shape index (κ2) is 7.10. The van der Waals surface area contributed by atoms with Crippen LogP contribution in [0.15, 0.2) is 36.8 Å². The van der Waals surface area contributed by atoms with Crippen LogP contribution in [0.3, 0.4) is 0 Å². The van der Waals surface area contributed by atoms with E-state index in [9.17, 15) is 0 Å². The Morgan fingerprint density at radius 2 is 2.25 bits per heavy atom. The molecule has 1 N–H and O–H groups in total. The Morgan fingerprint density at radius 1 is 1.40 bits per heavy atom. The number of hydrogen-bond acceptors (Lipinski definition) is 3. The monoisotopic (exact) mass is 273 g/mol. The molecule has 0 aliphatic carbocycles. The molecule has 1 aromatic carbocycles. The van der Waals surface area contributed by atoms with E-state index in [1.165, 1.54) is 11.3 Å². The molecule has 1 heterocycles. The zero-order valence-electron chi connectivity index (χ0n) is 12.5. The Kier molecular flexibility index (Phi) is 5.18. The van der Waals surface area contributed by atoms with Gasteiger partial charge >= 0.3 is 0 Å². The van der Waals surface area contributed by atoms with Gasteiger partial charge in [-0.1, -0.05) is 19.1 Å². The molecule has 0 bridgehead atoms. The molecule has 0 fully saturated rings. The largest absolute Gasteiger partial charge is 0.497 e. The number of methoxy groups -OCH3 is 1. The fraction of sp³-hybridized carbons (Fsp3) is 0.438. The van der Waals surface area contributed by atoms with Gasteiger partial charge in [-0.05, 0) is 31.0 Å². The quantitative estimate of drug-likeness (QED) is 0.842. The van der Waals surface area contributed by atoms with Crippen molar-refractivity contribution in [3.05, 3.63) is 48.0 Å². The van der Waals surface area contributed by atoms with Crippen LogP contribution in [0.2, 0.25) is 0 Å². The normalized spacial score (nSPS) is 12.3. The molecular formula is C16H23N3O. The minimum Gasteiger partial charge on any atom is -0.497 e.